The fraction of sp³-hybridized carbons (Fsp3) is 0.241. The number of hydrogen-bond acceptors (Lipinski definition) is 5. The fourth-order valence-corrected chi connectivity index (χ4v) is 5.83. The smallest absolute Gasteiger partial charge is 0.381 e. The monoisotopic (exact) mass is 553 g/mol. The molecule has 0 amide bonds. The lowest BCUT2D eigenvalue weighted by atomic mass is 10.0. The van der Waals surface area contributed by atoms with Gasteiger partial charge in [0.1, 0.15) is 0 Å². The van der Waals surface area contributed by atoms with Crippen molar-refractivity contribution in [2.24, 2.45) is 0 Å². The Hall–Kier alpha value is -3.60. The Morgan fingerprint density at radius 3 is 2.21 bits per heavy atom. The number of nitrogens with one attached hydrogen (secondary N) is 1. The highest BCUT2D eigenvalue weighted by Crippen LogP contribution is 2.32. The van der Waals surface area contributed by atoms with Gasteiger partial charge in [-0.2, -0.15) is 13.2 Å². The van der Waals surface area contributed by atoms with Crippen molar-refractivity contribution < 1.29 is 26.3 Å². The number of pyridine rings is 2. The second-order valence-electron chi connectivity index (χ2n) is 9.40. The fourth-order valence-electron chi connectivity index (χ4n) is 4.48. The molecule has 4 aromatic rings. The van der Waals surface area contributed by atoms with Crippen LogP contribution >= 0.6 is 0 Å². The summed E-state index contributed by atoms with van der Waals surface area (Å²) in [6.45, 7) is 2.86. The summed E-state index contributed by atoms with van der Waals surface area (Å²) in [5.74, 6) is 0. The maximum absolute atomic E-state index is 13.0. The number of ether oxygens (including phenoxy) is 1. The lowest BCUT2D eigenvalue weighted by Crippen LogP contribution is -2.38. The molecule has 10 heteroatoms. The number of halogens is 3. The van der Waals surface area contributed by atoms with E-state index in [1.165, 1.54) is 12.1 Å². The van der Waals surface area contributed by atoms with E-state index in [4.69, 9.17) is 9.72 Å². The largest absolute Gasteiger partial charge is 0.416 e. The van der Waals surface area contributed by atoms with Crippen LogP contribution in [0.1, 0.15) is 24.1 Å². The molecule has 39 heavy (non-hydrogen) atoms. The molecule has 0 unspecified atom stereocenters. The van der Waals surface area contributed by atoms with Crippen molar-refractivity contribution in [1.82, 2.24) is 14.7 Å². The number of sulfonamides is 1. The van der Waals surface area contributed by atoms with Crippen LogP contribution in [0.25, 0.3) is 33.8 Å². The van der Waals surface area contributed by atoms with Gasteiger partial charge in [-0.15, -0.1) is 0 Å². The van der Waals surface area contributed by atoms with Crippen LogP contribution in [0, 0.1) is 6.92 Å². The molecule has 0 bridgehead atoms. The van der Waals surface area contributed by atoms with Crippen molar-refractivity contribution >= 4 is 10.0 Å². The van der Waals surface area contributed by atoms with E-state index in [2.05, 4.69) is 9.71 Å². The molecule has 0 radical (unpaired) electrons. The van der Waals surface area contributed by atoms with Gasteiger partial charge in [0.15, 0.2) is 0 Å². The molecule has 2 aromatic heterocycles. The summed E-state index contributed by atoms with van der Waals surface area (Å²) in [5.41, 5.74) is 3.61. The number of benzene rings is 2. The van der Waals surface area contributed by atoms with Crippen molar-refractivity contribution in [3.05, 3.63) is 90.1 Å². The van der Waals surface area contributed by atoms with E-state index in [1.807, 2.05) is 0 Å². The molecule has 1 fully saturated rings. The highest BCUT2D eigenvalue weighted by Gasteiger charge is 2.30. The maximum atomic E-state index is 13.0. The van der Waals surface area contributed by atoms with Crippen LogP contribution < -0.4 is 4.72 Å². The maximum Gasteiger partial charge on any atom is 0.416 e. The standard InChI is InChI=1S/C29H26F3N3O3S/c1-19-16-22(20-8-10-23(11-9-20)29(30,31)32)18-28(33-19)27-7-3-6-26(34-27)21-4-2-5-25(17-21)39(36,37)35-24-12-14-38-15-13-24/h2-11,16-18,24,35H,12-15H2,1H3. The Morgan fingerprint density at radius 2 is 1.49 bits per heavy atom. The quantitative estimate of drug-likeness (QED) is 0.305. The van der Waals surface area contributed by atoms with Gasteiger partial charge in [-0.25, -0.2) is 18.1 Å². The summed E-state index contributed by atoms with van der Waals surface area (Å²) in [7, 11) is -3.72. The van der Waals surface area contributed by atoms with Crippen LogP contribution in [0.15, 0.2) is 83.8 Å². The predicted molar refractivity (Wildman–Crippen MR) is 142 cm³/mol. The van der Waals surface area contributed by atoms with Gasteiger partial charge in [-0.05, 0) is 79.4 Å². The van der Waals surface area contributed by atoms with E-state index in [0.29, 0.717) is 65.5 Å². The summed E-state index contributed by atoms with van der Waals surface area (Å²) in [4.78, 5) is 9.47. The van der Waals surface area contributed by atoms with Crippen LogP contribution in [-0.4, -0.2) is 37.6 Å². The molecular formula is C29H26F3N3O3S. The Kier molecular flexibility index (Phi) is 7.53. The number of aryl methyl sites for hydroxylation is 1. The summed E-state index contributed by atoms with van der Waals surface area (Å²) >= 11 is 0. The molecule has 0 aliphatic carbocycles. The predicted octanol–water partition coefficient (Wildman–Crippen LogP) is 6.26. The molecule has 1 N–H and O–H groups in total. The first kappa shape index (κ1) is 27.0. The Bertz CT molecular complexity index is 1580. The normalized spacial score (nSPS) is 14.9. The first-order valence-corrected chi connectivity index (χ1v) is 13.9. The number of hydrogen-bond donors (Lipinski definition) is 1. The highest BCUT2D eigenvalue weighted by atomic mass is 32.2. The molecule has 0 saturated carbocycles. The van der Waals surface area contributed by atoms with E-state index in [0.717, 1.165) is 12.1 Å². The minimum atomic E-state index is -4.40. The van der Waals surface area contributed by atoms with Crippen molar-refractivity contribution in [2.45, 2.75) is 36.9 Å². The van der Waals surface area contributed by atoms with E-state index in [-0.39, 0.29) is 10.9 Å². The number of aromatic nitrogens is 2. The number of alkyl halides is 3. The average Bonchev–Trinajstić information content (AvgIpc) is 2.93. The molecule has 6 nitrogen and oxygen atoms in total. The SMILES string of the molecule is Cc1cc(-c2ccc(C(F)(F)F)cc2)cc(-c2cccc(-c3cccc(S(=O)(=O)NC4CCOCC4)c3)n2)n1. The zero-order valence-electron chi connectivity index (χ0n) is 21.1. The third kappa shape index (κ3) is 6.35. The number of nitrogens with zero attached hydrogens (tertiary/aromatic N) is 2. The van der Waals surface area contributed by atoms with Crippen molar-refractivity contribution in [3.8, 4) is 33.8 Å². The molecule has 0 atom stereocenters. The molecule has 3 heterocycles. The number of rotatable bonds is 6. The van der Waals surface area contributed by atoms with Gasteiger partial charge in [0.2, 0.25) is 10.0 Å². The van der Waals surface area contributed by atoms with E-state index in [9.17, 15) is 21.6 Å². The van der Waals surface area contributed by atoms with Crippen molar-refractivity contribution in [2.75, 3.05) is 13.2 Å². The second kappa shape index (κ2) is 10.9. The zero-order valence-corrected chi connectivity index (χ0v) is 21.9. The van der Waals surface area contributed by atoms with Crippen LogP contribution in [0.5, 0.6) is 0 Å². The lowest BCUT2D eigenvalue weighted by Gasteiger charge is -2.23. The van der Waals surface area contributed by atoms with Crippen molar-refractivity contribution in [3.63, 3.8) is 0 Å². The molecule has 202 valence electrons. The van der Waals surface area contributed by atoms with Gasteiger partial charge in [0.25, 0.3) is 0 Å². The Morgan fingerprint density at radius 1 is 0.795 bits per heavy atom. The minimum Gasteiger partial charge on any atom is -0.381 e. The summed E-state index contributed by atoms with van der Waals surface area (Å²) in [6, 6.07) is 20.4. The minimum absolute atomic E-state index is 0.150. The highest BCUT2D eigenvalue weighted by molar-refractivity contribution is 7.89. The van der Waals surface area contributed by atoms with Crippen LogP contribution in [0.4, 0.5) is 13.2 Å². The van der Waals surface area contributed by atoms with Crippen LogP contribution in [-0.2, 0) is 20.9 Å². The third-order valence-corrected chi connectivity index (χ3v) is 8.01. The van der Waals surface area contributed by atoms with Crippen LogP contribution in [0.3, 0.4) is 0 Å². The molecule has 2 aromatic carbocycles. The molecule has 5 rings (SSSR count). The van der Waals surface area contributed by atoms with Gasteiger partial charge in [0.05, 0.1) is 27.5 Å². The van der Waals surface area contributed by atoms with E-state index >= 15 is 0 Å². The van der Waals surface area contributed by atoms with Crippen LogP contribution in [0.2, 0.25) is 0 Å². The topological polar surface area (TPSA) is 81.2 Å². The first-order chi connectivity index (χ1) is 18.6. The molecular weight excluding hydrogens is 527 g/mol. The molecule has 1 saturated heterocycles. The summed E-state index contributed by atoms with van der Waals surface area (Å²) in [6.07, 6.45) is -3.15. The first-order valence-electron chi connectivity index (χ1n) is 12.4. The van der Waals surface area contributed by atoms with E-state index in [1.54, 1.807) is 61.5 Å². The van der Waals surface area contributed by atoms with Gasteiger partial charge in [-0.3, -0.25) is 4.98 Å². The summed E-state index contributed by atoms with van der Waals surface area (Å²) in [5, 5.41) is 0. The Labute approximate surface area is 225 Å². The average molecular weight is 554 g/mol. The van der Waals surface area contributed by atoms with Gasteiger partial charge >= 0.3 is 6.18 Å². The van der Waals surface area contributed by atoms with E-state index < -0.39 is 21.8 Å². The Balaban J connectivity index is 1.44. The molecule has 1 aliphatic heterocycles. The van der Waals surface area contributed by atoms with Gasteiger partial charge < -0.3 is 4.74 Å². The third-order valence-electron chi connectivity index (χ3n) is 6.49. The van der Waals surface area contributed by atoms with Crippen molar-refractivity contribution in [1.29, 1.82) is 0 Å². The van der Waals surface area contributed by atoms with Gasteiger partial charge in [0, 0.05) is 30.5 Å². The molecule has 0 spiro atoms. The molecule has 1 aliphatic rings. The zero-order chi connectivity index (χ0) is 27.6. The lowest BCUT2D eigenvalue weighted by molar-refractivity contribution is -0.137. The summed E-state index contributed by atoms with van der Waals surface area (Å²) < 4.78 is 73.1. The second-order valence-corrected chi connectivity index (χ2v) is 11.1. The van der Waals surface area contributed by atoms with Gasteiger partial charge in [-0.1, -0.05) is 30.3 Å².